The summed E-state index contributed by atoms with van der Waals surface area (Å²) in [6.45, 7) is 15.2. The first-order valence-corrected chi connectivity index (χ1v) is 12.2. The van der Waals surface area contributed by atoms with E-state index in [2.05, 4.69) is 82.7 Å². The number of pyridine rings is 1. The van der Waals surface area contributed by atoms with E-state index in [0.29, 0.717) is 5.56 Å². The molecule has 164 valence electrons. The zero-order valence-corrected chi connectivity index (χ0v) is 20.1. The van der Waals surface area contributed by atoms with Gasteiger partial charge in [-0.1, -0.05) is 53.2 Å². The van der Waals surface area contributed by atoms with Crippen LogP contribution in [0.1, 0.15) is 88.1 Å². The third kappa shape index (κ3) is 2.68. The fourth-order valence-electron chi connectivity index (χ4n) is 6.10. The lowest BCUT2D eigenvalue weighted by molar-refractivity contribution is -0.742. The number of aryl methyl sites for hydroxylation is 1. The highest BCUT2D eigenvalue weighted by Crippen LogP contribution is 2.52. The summed E-state index contributed by atoms with van der Waals surface area (Å²) in [5, 5.41) is 2.56. The van der Waals surface area contributed by atoms with E-state index in [-0.39, 0.29) is 11.4 Å². The number of halogens is 1. The number of nitrogens with zero attached hydrogens (tertiary/aromatic N) is 1. The van der Waals surface area contributed by atoms with Gasteiger partial charge in [-0.05, 0) is 41.5 Å². The first-order chi connectivity index (χ1) is 15.3. The van der Waals surface area contributed by atoms with E-state index < -0.39 is 5.41 Å². The van der Waals surface area contributed by atoms with Crippen LogP contribution in [0.25, 0.3) is 28.1 Å². The molecule has 1 aliphatic heterocycles. The van der Waals surface area contributed by atoms with Crippen molar-refractivity contribution in [3.05, 3.63) is 77.1 Å². The number of unbranched alkanes of at least 4 members (excludes halogenated alkanes) is 1. The van der Waals surface area contributed by atoms with Crippen molar-refractivity contribution >= 4 is 16.8 Å². The van der Waals surface area contributed by atoms with E-state index >= 15 is 4.39 Å². The zero-order valence-electron chi connectivity index (χ0n) is 20.1. The first kappa shape index (κ1) is 21.2. The van der Waals surface area contributed by atoms with Gasteiger partial charge in [0.1, 0.15) is 0 Å². The maximum absolute atomic E-state index is 15.9. The summed E-state index contributed by atoms with van der Waals surface area (Å²) >= 11 is 0. The predicted molar refractivity (Wildman–Crippen MR) is 132 cm³/mol. The van der Waals surface area contributed by atoms with Crippen LogP contribution in [0.4, 0.5) is 4.39 Å². The highest BCUT2D eigenvalue weighted by atomic mass is 19.1. The Bertz CT molecular complexity index is 1270. The SMILES string of the molecule is [CH2+]c1cc2c3c(c1F)C(C)(C)c1cc(CCCC)cc4cc[n+](c-3c14)C(CC)(CC)C=C2. The molecule has 2 heteroatoms. The molecule has 3 aromatic rings. The average molecular weight is 428 g/mol. The third-order valence-corrected chi connectivity index (χ3v) is 8.11. The Hall–Kier alpha value is -2.61. The molecule has 2 aliphatic rings. The van der Waals surface area contributed by atoms with Crippen molar-refractivity contribution in [2.45, 2.75) is 77.7 Å². The molecule has 0 saturated carbocycles. The van der Waals surface area contributed by atoms with Gasteiger partial charge in [0.05, 0.1) is 22.6 Å². The normalized spacial score (nSPS) is 16.9. The molecule has 0 bridgehead atoms. The highest BCUT2D eigenvalue weighted by Gasteiger charge is 2.48. The molecule has 0 unspecified atom stereocenters. The van der Waals surface area contributed by atoms with Crippen LogP contribution in [0.5, 0.6) is 0 Å². The Balaban J connectivity index is 2.00. The first-order valence-electron chi connectivity index (χ1n) is 12.2. The average Bonchev–Trinajstić information content (AvgIpc) is 2.92. The Labute approximate surface area is 192 Å². The van der Waals surface area contributed by atoms with Crippen LogP contribution >= 0.6 is 0 Å². The summed E-state index contributed by atoms with van der Waals surface area (Å²) in [4.78, 5) is 0. The molecule has 1 nitrogen and oxygen atoms in total. The molecule has 0 N–H and O–H groups in total. The van der Waals surface area contributed by atoms with Crippen molar-refractivity contribution in [1.29, 1.82) is 0 Å². The van der Waals surface area contributed by atoms with Crippen LogP contribution in [0.2, 0.25) is 0 Å². The van der Waals surface area contributed by atoms with E-state index in [0.717, 1.165) is 36.0 Å². The molecule has 0 amide bonds. The van der Waals surface area contributed by atoms with Crippen molar-refractivity contribution in [3.63, 3.8) is 0 Å². The van der Waals surface area contributed by atoms with Crippen LogP contribution < -0.4 is 4.57 Å². The molecule has 0 spiro atoms. The number of hydrogen-bond donors (Lipinski definition) is 0. The molecule has 0 radical (unpaired) electrons. The largest absolute Gasteiger partial charge is 0.243 e. The van der Waals surface area contributed by atoms with E-state index in [1.165, 1.54) is 40.4 Å². The fraction of sp³-hybridized carbons (Fsp3) is 0.400. The van der Waals surface area contributed by atoms with Crippen LogP contribution in [-0.4, -0.2) is 0 Å². The Morgan fingerprint density at radius 2 is 1.81 bits per heavy atom. The standard InChI is InChI=1S/C30H34FN/c1-7-10-11-20-17-22-13-15-32-28-24(22)23(18-20)29(5,6)26-25(28)21(16-19(4)27(26)31)12-14-30(32,8-2)9-3/h12-18H,4,7-11H2,1-3,5-6H3/q+2. The van der Waals surface area contributed by atoms with Gasteiger partial charge in [-0.2, -0.15) is 4.57 Å². The third-order valence-electron chi connectivity index (χ3n) is 8.11. The molecule has 32 heavy (non-hydrogen) atoms. The summed E-state index contributed by atoms with van der Waals surface area (Å²) in [5.41, 5.74) is 6.64. The van der Waals surface area contributed by atoms with E-state index in [1.54, 1.807) is 0 Å². The summed E-state index contributed by atoms with van der Waals surface area (Å²) in [6, 6.07) is 8.93. The summed E-state index contributed by atoms with van der Waals surface area (Å²) in [7, 11) is 0. The van der Waals surface area contributed by atoms with Crippen LogP contribution in [0, 0.1) is 12.7 Å². The van der Waals surface area contributed by atoms with Gasteiger partial charge in [0.25, 0.3) is 0 Å². The van der Waals surface area contributed by atoms with E-state index in [4.69, 9.17) is 0 Å². The lowest BCUT2D eigenvalue weighted by Gasteiger charge is -2.34. The number of hydrogen-bond acceptors (Lipinski definition) is 0. The monoisotopic (exact) mass is 427 g/mol. The minimum atomic E-state index is -0.437. The quantitative estimate of drug-likeness (QED) is 0.291. The second-order valence-corrected chi connectivity index (χ2v) is 10.2. The second-order valence-electron chi connectivity index (χ2n) is 10.2. The van der Waals surface area contributed by atoms with Crippen LogP contribution in [-0.2, 0) is 17.4 Å². The number of benzene rings is 2. The fourth-order valence-corrected chi connectivity index (χ4v) is 6.10. The molecule has 2 heterocycles. The van der Waals surface area contributed by atoms with Crippen molar-refractivity contribution in [2.24, 2.45) is 0 Å². The van der Waals surface area contributed by atoms with Gasteiger partial charge in [0.2, 0.25) is 11.5 Å². The lowest BCUT2D eigenvalue weighted by atomic mass is 9.67. The minimum Gasteiger partial charge on any atom is -0.189 e. The summed E-state index contributed by atoms with van der Waals surface area (Å²) in [6.07, 6.45) is 12.2. The van der Waals surface area contributed by atoms with Gasteiger partial charge in [-0.15, -0.1) is 4.39 Å². The number of aromatic nitrogens is 1. The van der Waals surface area contributed by atoms with Crippen LogP contribution in [0.3, 0.4) is 0 Å². The highest BCUT2D eigenvalue weighted by molar-refractivity contribution is 6.02. The molecule has 0 atom stereocenters. The predicted octanol–water partition coefficient (Wildman–Crippen LogP) is 7.64. The van der Waals surface area contributed by atoms with Crippen LogP contribution in [0.15, 0.2) is 36.5 Å². The Kier molecular flexibility index (Phi) is 4.78. The molecular weight excluding hydrogens is 393 g/mol. The van der Waals surface area contributed by atoms with Gasteiger partial charge < -0.3 is 0 Å². The molecule has 1 aliphatic carbocycles. The molecule has 2 aromatic carbocycles. The van der Waals surface area contributed by atoms with Gasteiger partial charge in [0, 0.05) is 36.8 Å². The second kappa shape index (κ2) is 7.20. The molecule has 5 rings (SSSR count). The van der Waals surface area contributed by atoms with Crippen molar-refractivity contribution < 1.29 is 8.96 Å². The maximum Gasteiger partial charge on any atom is 0.243 e. The van der Waals surface area contributed by atoms with Gasteiger partial charge >= 0.3 is 0 Å². The molecule has 0 saturated heterocycles. The number of rotatable bonds is 5. The van der Waals surface area contributed by atoms with Gasteiger partial charge in [-0.3, -0.25) is 0 Å². The van der Waals surface area contributed by atoms with Crippen molar-refractivity contribution in [3.8, 4) is 11.3 Å². The number of allylic oxidation sites excluding steroid dienone is 1. The smallest absolute Gasteiger partial charge is 0.189 e. The summed E-state index contributed by atoms with van der Waals surface area (Å²) in [5.74, 6) is -0.157. The Morgan fingerprint density at radius 3 is 2.50 bits per heavy atom. The van der Waals surface area contributed by atoms with Crippen molar-refractivity contribution in [1.82, 2.24) is 0 Å². The topological polar surface area (TPSA) is 3.88 Å². The van der Waals surface area contributed by atoms with E-state index in [1.807, 2.05) is 6.07 Å². The molecular formula is C30H34FN+2. The zero-order chi connectivity index (χ0) is 22.8. The molecule has 1 aromatic heterocycles. The van der Waals surface area contributed by atoms with Crippen molar-refractivity contribution in [2.75, 3.05) is 0 Å². The van der Waals surface area contributed by atoms with Gasteiger partial charge in [0.15, 0.2) is 17.3 Å². The van der Waals surface area contributed by atoms with E-state index in [9.17, 15) is 0 Å². The maximum atomic E-state index is 15.9. The summed E-state index contributed by atoms with van der Waals surface area (Å²) < 4.78 is 18.3. The lowest BCUT2D eigenvalue weighted by Crippen LogP contribution is -2.56. The Morgan fingerprint density at radius 1 is 1.06 bits per heavy atom. The molecule has 0 fully saturated rings. The minimum absolute atomic E-state index is 0.128. The van der Waals surface area contributed by atoms with Gasteiger partial charge in [-0.25, -0.2) is 0 Å².